The molecule has 5 nitrogen and oxygen atoms in total. The third-order valence-electron chi connectivity index (χ3n) is 2.96. The monoisotopic (exact) mass is 380 g/mol. The highest BCUT2D eigenvalue weighted by Crippen LogP contribution is 2.36. The Labute approximate surface area is 150 Å². The lowest BCUT2D eigenvalue weighted by Gasteiger charge is -2.08. The first-order valence-electron chi connectivity index (χ1n) is 7.10. The van der Waals surface area contributed by atoms with E-state index in [0.29, 0.717) is 11.3 Å². The summed E-state index contributed by atoms with van der Waals surface area (Å²) in [6.45, 7) is -0.558. The third-order valence-corrected chi connectivity index (χ3v) is 3.70. The van der Waals surface area contributed by atoms with Crippen LogP contribution in [-0.4, -0.2) is 24.0 Å². The average molecular weight is 380 g/mol. The van der Waals surface area contributed by atoms with Crippen LogP contribution in [0.1, 0.15) is 15.9 Å². The fourth-order valence-corrected chi connectivity index (χ4v) is 2.37. The Balaban J connectivity index is 1.85. The van der Waals surface area contributed by atoms with Gasteiger partial charge in [-0.1, -0.05) is 0 Å². The summed E-state index contributed by atoms with van der Waals surface area (Å²) >= 11 is -0.293. The molecule has 0 heterocycles. The normalized spacial score (nSPS) is 10.7. The van der Waals surface area contributed by atoms with E-state index in [0.717, 1.165) is 12.1 Å². The number of nitrogens with zero attached hydrogens (tertiary/aromatic N) is 1. The Morgan fingerprint density at radius 3 is 2.23 bits per heavy atom. The molecule has 0 spiro atoms. The summed E-state index contributed by atoms with van der Waals surface area (Å²) in [4.78, 5) is 23.5. The quantitative estimate of drug-likeness (QED) is 0.627. The van der Waals surface area contributed by atoms with Crippen molar-refractivity contribution in [2.45, 2.75) is 10.4 Å². The molecule has 0 atom stereocenters. The SMILES string of the molecule is N#Cc1ccc(NC(=O)COC(=O)c2ccc(SC(F)(F)F)cc2)cc1. The van der Waals surface area contributed by atoms with E-state index in [1.165, 1.54) is 36.4 Å². The van der Waals surface area contributed by atoms with Crippen LogP contribution in [0.4, 0.5) is 18.9 Å². The number of halogens is 3. The molecule has 1 amide bonds. The molecule has 0 saturated carbocycles. The Bertz CT molecular complexity index is 828. The number of amides is 1. The van der Waals surface area contributed by atoms with Crippen molar-refractivity contribution in [2.75, 3.05) is 11.9 Å². The zero-order valence-electron chi connectivity index (χ0n) is 13.0. The summed E-state index contributed by atoms with van der Waals surface area (Å²) in [7, 11) is 0. The molecule has 26 heavy (non-hydrogen) atoms. The molecule has 0 aliphatic rings. The average Bonchev–Trinajstić information content (AvgIpc) is 2.59. The van der Waals surface area contributed by atoms with Crippen molar-refractivity contribution in [1.29, 1.82) is 5.26 Å². The van der Waals surface area contributed by atoms with Crippen molar-refractivity contribution < 1.29 is 27.5 Å². The van der Waals surface area contributed by atoms with E-state index in [1.807, 2.05) is 6.07 Å². The molecule has 134 valence electrons. The van der Waals surface area contributed by atoms with Gasteiger partial charge in [-0.05, 0) is 60.3 Å². The number of carbonyl (C=O) groups excluding carboxylic acids is 2. The molecular weight excluding hydrogens is 369 g/mol. The first-order chi connectivity index (χ1) is 12.3. The van der Waals surface area contributed by atoms with Crippen molar-refractivity contribution in [1.82, 2.24) is 0 Å². The largest absolute Gasteiger partial charge is 0.452 e. The second-order valence-corrected chi connectivity index (χ2v) is 6.02. The maximum Gasteiger partial charge on any atom is 0.446 e. The van der Waals surface area contributed by atoms with Gasteiger partial charge in [0.25, 0.3) is 5.91 Å². The Morgan fingerprint density at radius 1 is 1.08 bits per heavy atom. The van der Waals surface area contributed by atoms with Crippen molar-refractivity contribution in [2.24, 2.45) is 0 Å². The molecule has 0 aromatic heterocycles. The van der Waals surface area contributed by atoms with Crippen LogP contribution in [0.25, 0.3) is 0 Å². The van der Waals surface area contributed by atoms with Crippen LogP contribution in [0, 0.1) is 11.3 Å². The number of benzene rings is 2. The highest BCUT2D eigenvalue weighted by Gasteiger charge is 2.29. The number of ether oxygens (including phenoxy) is 1. The molecule has 0 saturated heterocycles. The molecular formula is C17H11F3N2O3S. The highest BCUT2D eigenvalue weighted by atomic mass is 32.2. The summed E-state index contributed by atoms with van der Waals surface area (Å²) in [6, 6.07) is 12.7. The van der Waals surface area contributed by atoms with Crippen molar-refractivity contribution >= 4 is 29.3 Å². The van der Waals surface area contributed by atoms with E-state index >= 15 is 0 Å². The van der Waals surface area contributed by atoms with Gasteiger partial charge in [0.2, 0.25) is 0 Å². The number of esters is 1. The van der Waals surface area contributed by atoms with Gasteiger partial charge in [-0.15, -0.1) is 0 Å². The number of nitrogens with one attached hydrogen (secondary N) is 1. The van der Waals surface area contributed by atoms with Crippen LogP contribution in [-0.2, 0) is 9.53 Å². The van der Waals surface area contributed by atoms with Gasteiger partial charge in [-0.25, -0.2) is 4.79 Å². The smallest absolute Gasteiger partial charge is 0.446 e. The minimum absolute atomic E-state index is 0.0303. The van der Waals surface area contributed by atoms with E-state index in [2.05, 4.69) is 5.32 Å². The molecule has 1 N–H and O–H groups in total. The number of hydrogen-bond acceptors (Lipinski definition) is 5. The van der Waals surface area contributed by atoms with Gasteiger partial charge in [0.1, 0.15) is 0 Å². The van der Waals surface area contributed by atoms with Crippen molar-refractivity contribution in [3.05, 3.63) is 59.7 Å². The predicted molar refractivity (Wildman–Crippen MR) is 88.4 cm³/mol. The summed E-state index contributed by atoms with van der Waals surface area (Å²) in [5.41, 5.74) is -3.52. The van der Waals surface area contributed by atoms with E-state index in [-0.39, 0.29) is 22.2 Å². The number of alkyl halides is 3. The molecule has 0 aliphatic carbocycles. The second-order valence-electron chi connectivity index (χ2n) is 4.89. The molecule has 0 radical (unpaired) electrons. The van der Waals surface area contributed by atoms with E-state index in [4.69, 9.17) is 10.00 Å². The molecule has 0 fully saturated rings. The number of anilines is 1. The summed E-state index contributed by atoms with van der Waals surface area (Å²) in [5, 5.41) is 11.2. The Hall–Kier alpha value is -2.99. The first-order valence-corrected chi connectivity index (χ1v) is 7.91. The van der Waals surface area contributed by atoms with E-state index < -0.39 is 24.0 Å². The first kappa shape index (κ1) is 19.3. The summed E-state index contributed by atoms with van der Waals surface area (Å²) in [6.07, 6.45) is 0. The topological polar surface area (TPSA) is 79.2 Å². The number of hydrogen-bond donors (Lipinski definition) is 1. The Kier molecular flexibility index (Phi) is 6.25. The van der Waals surface area contributed by atoms with Gasteiger partial charge in [0.05, 0.1) is 17.2 Å². The molecule has 9 heteroatoms. The summed E-state index contributed by atoms with van der Waals surface area (Å²) in [5.74, 6) is -1.42. The van der Waals surface area contributed by atoms with Crippen molar-refractivity contribution in [3.63, 3.8) is 0 Å². The maximum atomic E-state index is 12.2. The predicted octanol–water partition coefficient (Wildman–Crippen LogP) is 3.97. The van der Waals surface area contributed by atoms with Crippen LogP contribution in [0.15, 0.2) is 53.4 Å². The minimum Gasteiger partial charge on any atom is -0.452 e. The number of nitriles is 1. The van der Waals surface area contributed by atoms with Crippen LogP contribution >= 0.6 is 11.8 Å². The van der Waals surface area contributed by atoms with Gasteiger partial charge < -0.3 is 10.1 Å². The fourth-order valence-electron chi connectivity index (χ4n) is 1.83. The highest BCUT2D eigenvalue weighted by molar-refractivity contribution is 8.00. The molecule has 2 aromatic carbocycles. The third kappa shape index (κ3) is 6.14. The molecule has 2 rings (SSSR count). The van der Waals surface area contributed by atoms with E-state index in [1.54, 1.807) is 0 Å². The van der Waals surface area contributed by atoms with Crippen LogP contribution in [0.5, 0.6) is 0 Å². The van der Waals surface area contributed by atoms with Crippen LogP contribution in [0.2, 0.25) is 0 Å². The lowest BCUT2D eigenvalue weighted by Crippen LogP contribution is -2.20. The molecule has 0 bridgehead atoms. The zero-order chi connectivity index (χ0) is 19.2. The van der Waals surface area contributed by atoms with Gasteiger partial charge in [0, 0.05) is 10.6 Å². The molecule has 0 unspecified atom stereocenters. The summed E-state index contributed by atoms with van der Waals surface area (Å²) < 4.78 is 41.5. The van der Waals surface area contributed by atoms with Gasteiger partial charge in [0.15, 0.2) is 6.61 Å². The van der Waals surface area contributed by atoms with Gasteiger partial charge >= 0.3 is 11.5 Å². The zero-order valence-corrected chi connectivity index (χ0v) is 13.9. The van der Waals surface area contributed by atoms with Crippen molar-refractivity contribution in [3.8, 4) is 6.07 Å². The van der Waals surface area contributed by atoms with Gasteiger partial charge in [-0.2, -0.15) is 18.4 Å². The lowest BCUT2D eigenvalue weighted by molar-refractivity contribution is -0.119. The number of rotatable bonds is 5. The second kappa shape index (κ2) is 8.40. The maximum absolute atomic E-state index is 12.2. The molecule has 2 aromatic rings. The Morgan fingerprint density at radius 2 is 1.69 bits per heavy atom. The number of thioether (sulfide) groups is 1. The van der Waals surface area contributed by atoms with E-state index in [9.17, 15) is 22.8 Å². The molecule has 0 aliphatic heterocycles. The number of carbonyl (C=O) groups is 2. The minimum atomic E-state index is -4.41. The fraction of sp³-hybridized carbons (Fsp3) is 0.118. The standard InChI is InChI=1S/C17H11F3N2O3S/c18-17(19,20)26-14-7-3-12(4-8-14)16(24)25-10-15(23)22-13-5-1-11(9-21)2-6-13/h1-8H,10H2,(H,22,23). The lowest BCUT2D eigenvalue weighted by atomic mass is 10.2. The van der Waals surface area contributed by atoms with Crippen LogP contribution in [0.3, 0.4) is 0 Å². The van der Waals surface area contributed by atoms with Gasteiger partial charge in [-0.3, -0.25) is 4.79 Å². The van der Waals surface area contributed by atoms with Crippen LogP contribution < -0.4 is 5.32 Å².